The molecule has 0 radical (unpaired) electrons. The molecule has 4 nitrogen and oxygen atoms in total. The van der Waals surface area contributed by atoms with E-state index in [4.69, 9.17) is 4.74 Å². The van der Waals surface area contributed by atoms with Gasteiger partial charge < -0.3 is 15.4 Å². The molecule has 2 N–H and O–H groups in total. The van der Waals surface area contributed by atoms with Crippen LogP contribution in [0.4, 0.5) is 0 Å². The predicted molar refractivity (Wildman–Crippen MR) is 61.2 cm³/mol. The zero-order valence-electron chi connectivity index (χ0n) is 9.50. The second-order valence-corrected chi connectivity index (χ2v) is 4.45. The summed E-state index contributed by atoms with van der Waals surface area (Å²) in [7, 11) is 0. The highest BCUT2D eigenvalue weighted by atomic mass is 16.5. The molecular formula is C11H23N3O. The minimum absolute atomic E-state index is 0.694. The van der Waals surface area contributed by atoms with E-state index in [-0.39, 0.29) is 0 Å². The fourth-order valence-corrected chi connectivity index (χ4v) is 2.28. The number of rotatable bonds is 4. The molecule has 0 aromatic heterocycles. The summed E-state index contributed by atoms with van der Waals surface area (Å²) in [5.41, 5.74) is 0. The van der Waals surface area contributed by atoms with Crippen molar-refractivity contribution in [2.45, 2.75) is 18.9 Å². The Labute approximate surface area is 92.4 Å². The van der Waals surface area contributed by atoms with Gasteiger partial charge in [-0.3, -0.25) is 4.90 Å². The van der Waals surface area contributed by atoms with Crippen molar-refractivity contribution in [3.05, 3.63) is 0 Å². The molecule has 0 aromatic carbocycles. The van der Waals surface area contributed by atoms with Crippen molar-refractivity contribution in [2.24, 2.45) is 0 Å². The first-order chi connectivity index (χ1) is 7.45. The van der Waals surface area contributed by atoms with Crippen LogP contribution in [0.5, 0.6) is 0 Å². The van der Waals surface area contributed by atoms with Crippen LogP contribution in [0.25, 0.3) is 0 Å². The Balaban J connectivity index is 1.53. The summed E-state index contributed by atoms with van der Waals surface area (Å²) in [6, 6.07) is 0.694. The van der Waals surface area contributed by atoms with Crippen molar-refractivity contribution in [3.8, 4) is 0 Å². The van der Waals surface area contributed by atoms with E-state index in [1.165, 1.54) is 25.9 Å². The third-order valence-electron chi connectivity index (χ3n) is 3.26. The lowest BCUT2D eigenvalue weighted by Gasteiger charge is -2.29. The molecule has 4 heteroatoms. The van der Waals surface area contributed by atoms with Gasteiger partial charge in [-0.05, 0) is 19.4 Å². The van der Waals surface area contributed by atoms with E-state index in [0.29, 0.717) is 6.04 Å². The largest absolute Gasteiger partial charge is 0.379 e. The van der Waals surface area contributed by atoms with Crippen LogP contribution in [-0.2, 0) is 4.74 Å². The molecule has 0 spiro atoms. The summed E-state index contributed by atoms with van der Waals surface area (Å²) in [6.45, 7) is 8.64. The number of morpholine rings is 1. The van der Waals surface area contributed by atoms with Gasteiger partial charge in [0.25, 0.3) is 0 Å². The van der Waals surface area contributed by atoms with E-state index in [1.54, 1.807) is 0 Å². The lowest BCUT2D eigenvalue weighted by molar-refractivity contribution is 0.0380. The predicted octanol–water partition coefficient (Wildman–Crippen LogP) is -0.340. The first kappa shape index (κ1) is 11.3. The Morgan fingerprint density at radius 2 is 2.20 bits per heavy atom. The maximum absolute atomic E-state index is 5.32. The van der Waals surface area contributed by atoms with E-state index < -0.39 is 0 Å². The number of ether oxygens (including phenoxy) is 1. The van der Waals surface area contributed by atoms with Gasteiger partial charge in [-0.1, -0.05) is 0 Å². The van der Waals surface area contributed by atoms with Gasteiger partial charge in [0.05, 0.1) is 13.2 Å². The number of hydrogen-bond donors (Lipinski definition) is 2. The highest BCUT2D eigenvalue weighted by Crippen LogP contribution is 2.01. The average molecular weight is 213 g/mol. The maximum Gasteiger partial charge on any atom is 0.0594 e. The minimum atomic E-state index is 0.694. The SMILES string of the molecule is C1CNCC(NCCN2CCOCC2)C1. The molecule has 2 fully saturated rings. The van der Waals surface area contributed by atoms with Gasteiger partial charge in [0.15, 0.2) is 0 Å². The topological polar surface area (TPSA) is 36.5 Å². The van der Waals surface area contributed by atoms with E-state index in [9.17, 15) is 0 Å². The van der Waals surface area contributed by atoms with Crippen LogP contribution in [0.1, 0.15) is 12.8 Å². The molecule has 88 valence electrons. The van der Waals surface area contributed by atoms with Crippen LogP contribution in [0.3, 0.4) is 0 Å². The first-order valence-electron chi connectivity index (χ1n) is 6.19. The van der Waals surface area contributed by atoms with E-state index in [2.05, 4.69) is 15.5 Å². The van der Waals surface area contributed by atoms with Crippen molar-refractivity contribution in [1.29, 1.82) is 0 Å². The fourth-order valence-electron chi connectivity index (χ4n) is 2.28. The summed E-state index contributed by atoms with van der Waals surface area (Å²) in [5.74, 6) is 0. The van der Waals surface area contributed by atoms with Gasteiger partial charge in [-0.25, -0.2) is 0 Å². The van der Waals surface area contributed by atoms with Crippen LogP contribution in [0.2, 0.25) is 0 Å². The molecule has 2 aliphatic rings. The van der Waals surface area contributed by atoms with Crippen LogP contribution in [-0.4, -0.2) is 63.4 Å². The summed E-state index contributed by atoms with van der Waals surface area (Å²) >= 11 is 0. The van der Waals surface area contributed by atoms with Crippen molar-refractivity contribution in [1.82, 2.24) is 15.5 Å². The molecule has 1 atom stereocenters. The number of nitrogens with one attached hydrogen (secondary N) is 2. The fraction of sp³-hybridized carbons (Fsp3) is 1.00. The highest BCUT2D eigenvalue weighted by molar-refractivity contribution is 4.75. The molecule has 0 bridgehead atoms. The molecule has 15 heavy (non-hydrogen) atoms. The molecule has 2 rings (SSSR count). The van der Waals surface area contributed by atoms with Gasteiger partial charge in [-0.15, -0.1) is 0 Å². The molecule has 0 aromatic rings. The van der Waals surface area contributed by atoms with E-state index in [0.717, 1.165) is 39.4 Å². The zero-order chi connectivity index (χ0) is 10.3. The van der Waals surface area contributed by atoms with Crippen LogP contribution in [0, 0.1) is 0 Å². The van der Waals surface area contributed by atoms with E-state index in [1.807, 2.05) is 0 Å². The second kappa shape index (κ2) is 6.43. The maximum atomic E-state index is 5.32. The van der Waals surface area contributed by atoms with Crippen molar-refractivity contribution in [3.63, 3.8) is 0 Å². The lowest BCUT2D eigenvalue weighted by Crippen LogP contribution is -2.47. The monoisotopic (exact) mass is 213 g/mol. The molecule has 2 saturated heterocycles. The molecule has 0 aliphatic carbocycles. The van der Waals surface area contributed by atoms with Gasteiger partial charge in [0, 0.05) is 38.8 Å². The van der Waals surface area contributed by atoms with Gasteiger partial charge in [0.1, 0.15) is 0 Å². The molecular weight excluding hydrogens is 190 g/mol. The zero-order valence-corrected chi connectivity index (χ0v) is 9.50. The molecule has 0 saturated carbocycles. The molecule has 1 unspecified atom stereocenters. The summed E-state index contributed by atoms with van der Waals surface area (Å²) in [5, 5.41) is 7.05. The third-order valence-corrected chi connectivity index (χ3v) is 3.26. The van der Waals surface area contributed by atoms with Crippen LogP contribution < -0.4 is 10.6 Å². The Hall–Kier alpha value is -0.160. The minimum Gasteiger partial charge on any atom is -0.379 e. The molecule has 2 aliphatic heterocycles. The molecule has 2 heterocycles. The third kappa shape index (κ3) is 4.07. The van der Waals surface area contributed by atoms with Crippen molar-refractivity contribution in [2.75, 3.05) is 52.5 Å². The number of hydrogen-bond acceptors (Lipinski definition) is 4. The van der Waals surface area contributed by atoms with Gasteiger partial charge in [-0.2, -0.15) is 0 Å². The summed E-state index contributed by atoms with van der Waals surface area (Å²) in [4.78, 5) is 2.48. The lowest BCUT2D eigenvalue weighted by atomic mass is 10.1. The Kier molecular flexibility index (Phi) is 4.86. The van der Waals surface area contributed by atoms with Gasteiger partial charge >= 0.3 is 0 Å². The Morgan fingerprint density at radius 1 is 1.33 bits per heavy atom. The summed E-state index contributed by atoms with van der Waals surface area (Å²) < 4.78 is 5.32. The van der Waals surface area contributed by atoms with Crippen molar-refractivity contribution < 1.29 is 4.74 Å². The number of piperidine rings is 1. The van der Waals surface area contributed by atoms with Crippen LogP contribution in [0.15, 0.2) is 0 Å². The standard InChI is InChI=1S/C11H23N3O/c1-2-11(10-12-3-1)13-4-5-14-6-8-15-9-7-14/h11-13H,1-10H2. The van der Waals surface area contributed by atoms with Gasteiger partial charge in [0.2, 0.25) is 0 Å². The smallest absolute Gasteiger partial charge is 0.0594 e. The number of nitrogens with zero attached hydrogens (tertiary/aromatic N) is 1. The second-order valence-electron chi connectivity index (χ2n) is 4.45. The van der Waals surface area contributed by atoms with Crippen LogP contribution >= 0.6 is 0 Å². The normalized spacial score (nSPS) is 29.2. The average Bonchev–Trinajstić information content (AvgIpc) is 2.32. The first-order valence-corrected chi connectivity index (χ1v) is 6.19. The highest BCUT2D eigenvalue weighted by Gasteiger charge is 2.13. The molecule has 0 amide bonds. The van der Waals surface area contributed by atoms with E-state index >= 15 is 0 Å². The quantitative estimate of drug-likeness (QED) is 0.670. The van der Waals surface area contributed by atoms with Crippen molar-refractivity contribution >= 4 is 0 Å². The Morgan fingerprint density at radius 3 is 2.93 bits per heavy atom. The summed E-state index contributed by atoms with van der Waals surface area (Å²) in [6.07, 6.45) is 2.64. The Bertz CT molecular complexity index is 147.